The van der Waals surface area contributed by atoms with Crippen LogP contribution in [0.15, 0.2) is 0 Å². The Kier molecular flexibility index (Phi) is 6.52. The quantitative estimate of drug-likeness (QED) is 0.677. The van der Waals surface area contributed by atoms with Gasteiger partial charge in [0.1, 0.15) is 0 Å². The van der Waals surface area contributed by atoms with E-state index >= 15 is 0 Å². The van der Waals surface area contributed by atoms with Crippen molar-refractivity contribution < 1.29 is 4.79 Å². The second-order valence-electron chi connectivity index (χ2n) is 5.41. The Morgan fingerprint density at radius 1 is 1.41 bits per heavy atom. The van der Waals surface area contributed by atoms with Gasteiger partial charge in [0.2, 0.25) is 5.91 Å². The van der Waals surface area contributed by atoms with Gasteiger partial charge in [-0.05, 0) is 58.8 Å². The van der Waals surface area contributed by atoms with E-state index in [4.69, 9.17) is 5.73 Å². The monoisotopic (exact) mass is 241 g/mol. The van der Waals surface area contributed by atoms with Crippen molar-refractivity contribution in [3.05, 3.63) is 0 Å². The molecule has 2 unspecified atom stereocenters. The minimum atomic E-state index is 0.205. The number of hydrogen-bond acceptors (Lipinski definition) is 3. The van der Waals surface area contributed by atoms with Crippen molar-refractivity contribution in [2.45, 2.75) is 32.1 Å². The molecule has 0 spiro atoms. The summed E-state index contributed by atoms with van der Waals surface area (Å²) in [4.78, 5) is 14.1. The van der Waals surface area contributed by atoms with E-state index in [1.807, 2.05) is 0 Å². The van der Waals surface area contributed by atoms with Crippen LogP contribution in [0, 0.1) is 11.8 Å². The summed E-state index contributed by atoms with van der Waals surface area (Å²) in [6, 6.07) is 0. The molecular formula is C13H27N3O. The first-order chi connectivity index (χ1) is 8.13. The van der Waals surface area contributed by atoms with E-state index in [0.717, 1.165) is 45.3 Å². The van der Waals surface area contributed by atoms with Crippen molar-refractivity contribution in [2.75, 3.05) is 33.7 Å². The summed E-state index contributed by atoms with van der Waals surface area (Å²) < 4.78 is 0. The molecular weight excluding hydrogens is 214 g/mol. The maximum atomic E-state index is 11.9. The lowest BCUT2D eigenvalue weighted by molar-refractivity contribution is -0.126. The Labute approximate surface area is 105 Å². The van der Waals surface area contributed by atoms with Gasteiger partial charge in [0.25, 0.3) is 0 Å². The summed E-state index contributed by atoms with van der Waals surface area (Å²) in [5.41, 5.74) is 5.68. The second kappa shape index (κ2) is 7.67. The highest BCUT2D eigenvalue weighted by molar-refractivity contribution is 5.78. The van der Waals surface area contributed by atoms with Gasteiger partial charge in [0, 0.05) is 12.5 Å². The normalized spacial score (nSPS) is 24.9. The van der Waals surface area contributed by atoms with Crippen LogP contribution in [0.1, 0.15) is 32.1 Å². The number of rotatable bonds is 6. The fraction of sp³-hybridized carbons (Fsp3) is 0.923. The summed E-state index contributed by atoms with van der Waals surface area (Å²) >= 11 is 0. The predicted molar refractivity (Wildman–Crippen MR) is 70.7 cm³/mol. The van der Waals surface area contributed by atoms with Gasteiger partial charge in [-0.3, -0.25) is 4.79 Å². The zero-order valence-electron chi connectivity index (χ0n) is 11.2. The maximum absolute atomic E-state index is 11.9. The molecule has 1 amide bonds. The highest BCUT2D eigenvalue weighted by Gasteiger charge is 2.25. The molecule has 0 aromatic heterocycles. The summed E-state index contributed by atoms with van der Waals surface area (Å²) in [5.74, 6) is 1.000. The third-order valence-corrected chi connectivity index (χ3v) is 3.57. The fourth-order valence-electron chi connectivity index (χ4n) is 2.49. The lowest BCUT2D eigenvalue weighted by Crippen LogP contribution is -2.36. The van der Waals surface area contributed by atoms with Gasteiger partial charge in [-0.25, -0.2) is 0 Å². The van der Waals surface area contributed by atoms with Crippen molar-refractivity contribution in [3.63, 3.8) is 0 Å². The molecule has 0 bridgehead atoms. The first kappa shape index (κ1) is 14.5. The van der Waals surface area contributed by atoms with Gasteiger partial charge in [0.05, 0.1) is 0 Å². The van der Waals surface area contributed by atoms with Crippen LogP contribution in [0.25, 0.3) is 0 Å². The van der Waals surface area contributed by atoms with Gasteiger partial charge >= 0.3 is 0 Å². The Balaban J connectivity index is 2.18. The Hall–Kier alpha value is -0.610. The highest BCUT2D eigenvalue weighted by atomic mass is 16.1. The summed E-state index contributed by atoms with van der Waals surface area (Å²) in [5, 5.41) is 3.05. The third-order valence-electron chi connectivity index (χ3n) is 3.57. The van der Waals surface area contributed by atoms with Crippen LogP contribution in [0.4, 0.5) is 0 Å². The molecule has 0 aromatic rings. The summed E-state index contributed by atoms with van der Waals surface area (Å²) in [6.07, 6.45) is 5.39. The molecule has 1 aliphatic rings. The number of amides is 1. The lowest BCUT2D eigenvalue weighted by Gasteiger charge is -2.27. The van der Waals surface area contributed by atoms with Gasteiger partial charge < -0.3 is 16.0 Å². The number of nitrogens with one attached hydrogen (secondary N) is 1. The van der Waals surface area contributed by atoms with E-state index in [1.54, 1.807) is 0 Å². The lowest BCUT2D eigenvalue weighted by atomic mass is 9.81. The number of hydrogen-bond donors (Lipinski definition) is 2. The molecule has 4 heteroatoms. The number of carbonyl (C=O) groups is 1. The Bertz CT molecular complexity index is 231. The molecule has 0 aromatic carbocycles. The third kappa shape index (κ3) is 5.50. The topological polar surface area (TPSA) is 58.4 Å². The molecule has 1 rings (SSSR count). The van der Waals surface area contributed by atoms with Gasteiger partial charge in [-0.1, -0.05) is 6.42 Å². The van der Waals surface area contributed by atoms with Crippen LogP contribution in [-0.2, 0) is 4.79 Å². The standard InChI is InChI=1S/C13H27N3O/c1-16(2)8-4-7-15-13(17)12-6-3-5-11(9-12)10-14/h11-12H,3-10,14H2,1-2H3,(H,15,17). The average molecular weight is 241 g/mol. The van der Waals surface area contributed by atoms with Crippen LogP contribution in [0.2, 0.25) is 0 Å². The summed E-state index contributed by atoms with van der Waals surface area (Å²) in [7, 11) is 4.10. The molecule has 0 heterocycles. The fourth-order valence-corrected chi connectivity index (χ4v) is 2.49. The van der Waals surface area contributed by atoms with Crippen molar-refractivity contribution in [3.8, 4) is 0 Å². The van der Waals surface area contributed by atoms with E-state index in [2.05, 4.69) is 24.3 Å². The minimum Gasteiger partial charge on any atom is -0.356 e. The van der Waals surface area contributed by atoms with E-state index in [-0.39, 0.29) is 11.8 Å². The maximum Gasteiger partial charge on any atom is 0.223 e. The molecule has 4 nitrogen and oxygen atoms in total. The van der Waals surface area contributed by atoms with Gasteiger partial charge in [-0.2, -0.15) is 0 Å². The number of nitrogens with two attached hydrogens (primary N) is 1. The molecule has 2 atom stereocenters. The van der Waals surface area contributed by atoms with Gasteiger partial charge in [0.15, 0.2) is 0 Å². The summed E-state index contributed by atoms with van der Waals surface area (Å²) in [6.45, 7) is 2.54. The van der Waals surface area contributed by atoms with E-state index in [9.17, 15) is 4.79 Å². The molecule has 1 saturated carbocycles. The van der Waals surface area contributed by atoms with Crippen molar-refractivity contribution in [2.24, 2.45) is 17.6 Å². The Morgan fingerprint density at radius 2 is 2.18 bits per heavy atom. The first-order valence-corrected chi connectivity index (χ1v) is 6.76. The smallest absolute Gasteiger partial charge is 0.223 e. The number of nitrogens with zero attached hydrogens (tertiary/aromatic N) is 1. The predicted octanol–water partition coefficient (Wildman–Crippen LogP) is 0.819. The molecule has 17 heavy (non-hydrogen) atoms. The van der Waals surface area contributed by atoms with Crippen molar-refractivity contribution >= 4 is 5.91 Å². The SMILES string of the molecule is CN(C)CCCNC(=O)C1CCCC(CN)C1. The molecule has 3 N–H and O–H groups in total. The van der Waals surface area contributed by atoms with Crippen LogP contribution in [0.5, 0.6) is 0 Å². The van der Waals surface area contributed by atoms with Crippen LogP contribution in [0.3, 0.4) is 0 Å². The van der Waals surface area contributed by atoms with Crippen molar-refractivity contribution in [1.29, 1.82) is 0 Å². The Morgan fingerprint density at radius 3 is 2.82 bits per heavy atom. The largest absolute Gasteiger partial charge is 0.356 e. The van der Waals surface area contributed by atoms with Crippen LogP contribution in [-0.4, -0.2) is 44.5 Å². The minimum absolute atomic E-state index is 0.205. The zero-order valence-corrected chi connectivity index (χ0v) is 11.2. The van der Waals surface area contributed by atoms with E-state index in [1.165, 1.54) is 6.42 Å². The molecule has 1 fully saturated rings. The van der Waals surface area contributed by atoms with E-state index in [0.29, 0.717) is 5.92 Å². The molecule has 1 aliphatic carbocycles. The molecule has 0 saturated heterocycles. The first-order valence-electron chi connectivity index (χ1n) is 6.76. The molecule has 0 aliphatic heterocycles. The number of carbonyl (C=O) groups excluding carboxylic acids is 1. The van der Waals surface area contributed by atoms with E-state index < -0.39 is 0 Å². The molecule has 100 valence electrons. The van der Waals surface area contributed by atoms with Crippen LogP contribution < -0.4 is 11.1 Å². The second-order valence-corrected chi connectivity index (χ2v) is 5.41. The highest BCUT2D eigenvalue weighted by Crippen LogP contribution is 2.28. The van der Waals surface area contributed by atoms with Crippen molar-refractivity contribution in [1.82, 2.24) is 10.2 Å². The average Bonchev–Trinajstić information content (AvgIpc) is 2.34. The van der Waals surface area contributed by atoms with Gasteiger partial charge in [-0.15, -0.1) is 0 Å². The molecule has 0 radical (unpaired) electrons. The zero-order chi connectivity index (χ0) is 12.7. The van der Waals surface area contributed by atoms with Crippen LogP contribution >= 0.6 is 0 Å².